The molecule has 0 fully saturated rings. The molecule has 0 radical (unpaired) electrons. The van der Waals surface area contributed by atoms with E-state index >= 15 is 0 Å². The molecule has 2 heterocycles. The quantitative estimate of drug-likeness (QED) is 0.153. The lowest BCUT2D eigenvalue weighted by Crippen LogP contribution is -2.13. The second-order valence-electron chi connectivity index (χ2n) is 15.7. The van der Waals surface area contributed by atoms with Gasteiger partial charge in [0, 0.05) is 43.9 Å². The van der Waals surface area contributed by atoms with Gasteiger partial charge in [-0.3, -0.25) is 0 Å². The fourth-order valence-electron chi connectivity index (χ4n) is 9.18. The summed E-state index contributed by atoms with van der Waals surface area (Å²) in [6.45, 7) is 0. The van der Waals surface area contributed by atoms with Gasteiger partial charge in [-0.05, 0) is 94.9 Å². The lowest BCUT2D eigenvalue weighted by Gasteiger charge is -2.31. The van der Waals surface area contributed by atoms with Gasteiger partial charge in [-0.1, -0.05) is 158 Å². The molecule has 2 aromatic heterocycles. The van der Waals surface area contributed by atoms with Gasteiger partial charge in [-0.25, -0.2) is 0 Å². The molecule has 0 amide bonds. The van der Waals surface area contributed by atoms with E-state index in [1.807, 2.05) is 12.1 Å². The third-order valence-electron chi connectivity index (χ3n) is 12.0. The highest BCUT2D eigenvalue weighted by Crippen LogP contribution is 2.51. The summed E-state index contributed by atoms with van der Waals surface area (Å²) in [5.41, 5.74) is 13.8. The van der Waals surface area contributed by atoms with E-state index in [1.54, 1.807) is 0 Å². The number of anilines is 6. The summed E-state index contributed by atoms with van der Waals surface area (Å²) in [5, 5.41) is 6.51. The van der Waals surface area contributed by atoms with E-state index in [1.165, 1.54) is 0 Å². The largest absolute Gasteiger partial charge is 0.454 e. The molecule has 0 unspecified atom stereocenters. The Hall–Kier alpha value is -8.34. The molecule has 0 atom stereocenters. The number of hydrogen-bond donors (Lipinski definition) is 0. The molecule has 62 heavy (non-hydrogen) atoms. The Morgan fingerprint density at radius 2 is 0.726 bits per heavy atom. The highest BCUT2D eigenvalue weighted by molar-refractivity contribution is 6.15. The molecule has 0 N–H and O–H groups in total. The molecule has 12 rings (SSSR count). The Balaban J connectivity index is 1.22. The van der Waals surface area contributed by atoms with E-state index in [4.69, 9.17) is 8.83 Å². The number of rotatable bonds is 8. The number of fused-ring (bicyclic) bond motifs is 7. The first-order valence-corrected chi connectivity index (χ1v) is 21.0. The molecule has 12 aromatic rings. The summed E-state index contributed by atoms with van der Waals surface area (Å²) in [6.07, 6.45) is 0. The van der Waals surface area contributed by atoms with Gasteiger partial charge < -0.3 is 18.6 Å². The van der Waals surface area contributed by atoms with Crippen LogP contribution >= 0.6 is 0 Å². The van der Waals surface area contributed by atoms with Crippen LogP contribution in [0.4, 0.5) is 34.1 Å². The van der Waals surface area contributed by atoms with Crippen LogP contribution in [-0.4, -0.2) is 0 Å². The van der Waals surface area contributed by atoms with Crippen molar-refractivity contribution < 1.29 is 8.83 Å². The first-order valence-electron chi connectivity index (χ1n) is 21.0. The summed E-state index contributed by atoms with van der Waals surface area (Å²) in [6, 6.07) is 81.7. The van der Waals surface area contributed by atoms with Gasteiger partial charge in [-0.15, -0.1) is 0 Å². The van der Waals surface area contributed by atoms with Gasteiger partial charge in [0.05, 0.1) is 22.7 Å². The van der Waals surface area contributed by atoms with Crippen LogP contribution in [0.1, 0.15) is 0 Å². The van der Waals surface area contributed by atoms with Crippen LogP contribution in [-0.2, 0) is 0 Å². The topological polar surface area (TPSA) is 32.8 Å². The fourth-order valence-corrected chi connectivity index (χ4v) is 9.18. The van der Waals surface area contributed by atoms with Crippen LogP contribution in [0.2, 0.25) is 0 Å². The number of nitrogens with zero attached hydrogens (tertiary/aromatic N) is 2. The minimum atomic E-state index is 0.832. The zero-order valence-corrected chi connectivity index (χ0v) is 33.7. The van der Waals surface area contributed by atoms with E-state index in [-0.39, 0.29) is 0 Å². The molecule has 0 aliphatic rings. The van der Waals surface area contributed by atoms with Crippen LogP contribution in [0.15, 0.2) is 239 Å². The van der Waals surface area contributed by atoms with Crippen LogP contribution in [0, 0.1) is 0 Å². The maximum atomic E-state index is 6.79. The molecule has 4 nitrogen and oxygen atoms in total. The first-order chi connectivity index (χ1) is 30.8. The van der Waals surface area contributed by atoms with Gasteiger partial charge in [0.25, 0.3) is 0 Å². The van der Waals surface area contributed by atoms with E-state index in [0.29, 0.717) is 0 Å². The molecule has 0 aliphatic heterocycles. The lowest BCUT2D eigenvalue weighted by molar-refractivity contribution is 0.668. The highest BCUT2D eigenvalue weighted by atomic mass is 16.3. The van der Waals surface area contributed by atoms with Crippen molar-refractivity contribution in [2.24, 2.45) is 0 Å². The molecule has 0 saturated heterocycles. The summed E-state index contributed by atoms with van der Waals surface area (Å²) in [7, 11) is 0. The van der Waals surface area contributed by atoms with Crippen molar-refractivity contribution in [2.45, 2.75) is 0 Å². The van der Waals surface area contributed by atoms with Crippen molar-refractivity contribution in [3.63, 3.8) is 0 Å². The summed E-state index contributed by atoms with van der Waals surface area (Å²) >= 11 is 0. The third-order valence-corrected chi connectivity index (χ3v) is 12.0. The Morgan fingerprint density at radius 1 is 0.274 bits per heavy atom. The molecule has 0 aliphatic carbocycles. The van der Waals surface area contributed by atoms with Crippen molar-refractivity contribution in [3.05, 3.63) is 231 Å². The Labute approximate surface area is 358 Å². The molecule has 4 heteroatoms. The average molecular weight is 795 g/mol. The maximum Gasteiger partial charge on any atom is 0.159 e. The van der Waals surface area contributed by atoms with Crippen LogP contribution in [0.25, 0.3) is 76.9 Å². The normalized spacial score (nSPS) is 11.5. The zero-order chi connectivity index (χ0) is 41.0. The Kier molecular flexibility index (Phi) is 8.46. The average Bonchev–Trinajstić information content (AvgIpc) is 3.92. The number of para-hydroxylation sites is 6. The van der Waals surface area contributed by atoms with E-state index in [0.717, 1.165) is 111 Å². The molecular formula is C58H38N2O2. The zero-order valence-electron chi connectivity index (χ0n) is 33.7. The monoisotopic (exact) mass is 794 g/mol. The fraction of sp³-hybridized carbons (Fsp3) is 0. The molecule has 0 bridgehead atoms. The Morgan fingerprint density at radius 3 is 1.27 bits per heavy atom. The molecule has 0 saturated carbocycles. The first kappa shape index (κ1) is 35.6. The molecule has 292 valence electrons. The van der Waals surface area contributed by atoms with Gasteiger partial charge in [0.1, 0.15) is 11.2 Å². The van der Waals surface area contributed by atoms with Crippen LogP contribution < -0.4 is 9.80 Å². The number of benzene rings is 10. The van der Waals surface area contributed by atoms with Crippen molar-refractivity contribution in [1.82, 2.24) is 0 Å². The van der Waals surface area contributed by atoms with Gasteiger partial charge in [-0.2, -0.15) is 0 Å². The number of furan rings is 2. The smallest absolute Gasteiger partial charge is 0.159 e. The standard InChI is InChI=1S/C58H38N2O2/c1-5-19-39(20-6-1)41-35-42-36-49(40-21-7-2-8-22-40)54(60(44-25-11-4-12-26-44)52-32-18-30-48-46-28-14-16-34-56(46)62-58(48)52)38-50(42)53(37-41)59(43-23-9-3-10-24-43)51-31-17-29-47-45-27-13-15-33-55(45)61-57(47)51/h1-38H. The molecule has 10 aromatic carbocycles. The van der Waals surface area contributed by atoms with Crippen LogP contribution in [0.5, 0.6) is 0 Å². The van der Waals surface area contributed by atoms with Gasteiger partial charge in [0.15, 0.2) is 11.2 Å². The van der Waals surface area contributed by atoms with E-state index in [9.17, 15) is 0 Å². The Bertz CT molecular complexity index is 3580. The van der Waals surface area contributed by atoms with Crippen LogP contribution in [0.3, 0.4) is 0 Å². The molecular weight excluding hydrogens is 757 g/mol. The third kappa shape index (κ3) is 5.92. The summed E-state index contributed by atoms with van der Waals surface area (Å²) < 4.78 is 13.6. The molecule has 0 spiro atoms. The lowest BCUT2D eigenvalue weighted by atomic mass is 9.93. The predicted octanol–water partition coefficient (Wildman–Crippen LogP) is 16.9. The second-order valence-corrected chi connectivity index (χ2v) is 15.7. The van der Waals surface area contributed by atoms with Crippen molar-refractivity contribution in [1.29, 1.82) is 0 Å². The van der Waals surface area contributed by atoms with Crippen molar-refractivity contribution in [3.8, 4) is 22.3 Å². The number of hydrogen-bond acceptors (Lipinski definition) is 4. The minimum absolute atomic E-state index is 0.832. The van der Waals surface area contributed by atoms with Crippen molar-refractivity contribution in [2.75, 3.05) is 9.80 Å². The van der Waals surface area contributed by atoms with Gasteiger partial charge >= 0.3 is 0 Å². The maximum absolute atomic E-state index is 6.79. The predicted molar refractivity (Wildman–Crippen MR) is 259 cm³/mol. The van der Waals surface area contributed by atoms with E-state index in [2.05, 4.69) is 228 Å². The highest BCUT2D eigenvalue weighted by Gasteiger charge is 2.26. The SMILES string of the molecule is c1ccc(-c2cc(N(c3ccccc3)c3cccc4c3oc3ccccc34)c3cc(N(c4ccccc4)c4cccc5c4oc4ccccc45)c(-c4ccccc4)cc3c2)cc1. The second kappa shape index (κ2) is 14.7. The van der Waals surface area contributed by atoms with Crippen molar-refractivity contribution >= 4 is 88.8 Å². The summed E-state index contributed by atoms with van der Waals surface area (Å²) in [4.78, 5) is 4.74. The van der Waals surface area contributed by atoms with Gasteiger partial charge in [0.2, 0.25) is 0 Å². The van der Waals surface area contributed by atoms with E-state index < -0.39 is 0 Å². The summed E-state index contributed by atoms with van der Waals surface area (Å²) in [5.74, 6) is 0. The minimum Gasteiger partial charge on any atom is -0.454 e.